The molecule has 0 aliphatic rings. The van der Waals surface area contributed by atoms with Crippen LogP contribution >= 0.6 is 11.8 Å². The highest BCUT2D eigenvalue weighted by molar-refractivity contribution is 7.99. The lowest BCUT2D eigenvalue weighted by Crippen LogP contribution is -2.45. The van der Waals surface area contributed by atoms with E-state index in [0.29, 0.717) is 5.25 Å². The number of hydrogen-bond donors (Lipinski definition) is 2. The van der Waals surface area contributed by atoms with Gasteiger partial charge in [-0.25, -0.2) is 4.39 Å². The van der Waals surface area contributed by atoms with Crippen molar-refractivity contribution in [3.05, 3.63) is 30.1 Å². The van der Waals surface area contributed by atoms with Crippen LogP contribution in [0.2, 0.25) is 0 Å². The third kappa shape index (κ3) is 4.66. The molecule has 4 heteroatoms. The van der Waals surface area contributed by atoms with E-state index in [2.05, 4.69) is 12.2 Å². The van der Waals surface area contributed by atoms with E-state index in [9.17, 15) is 9.50 Å². The summed E-state index contributed by atoms with van der Waals surface area (Å²) in [7, 11) is 1.84. The highest BCUT2D eigenvalue weighted by atomic mass is 32.2. The van der Waals surface area contributed by atoms with E-state index in [-0.39, 0.29) is 18.0 Å². The average Bonchev–Trinajstić information content (AvgIpc) is 2.28. The Hall–Kier alpha value is -0.580. The van der Waals surface area contributed by atoms with Gasteiger partial charge in [0.05, 0.1) is 6.61 Å². The molecule has 0 fully saturated rings. The van der Waals surface area contributed by atoms with Crippen LogP contribution in [0, 0.1) is 5.82 Å². The molecule has 1 aromatic rings. The minimum atomic E-state index is -0.278. The second-order valence-electron chi connectivity index (χ2n) is 4.56. The Morgan fingerprint density at radius 1 is 1.53 bits per heavy atom. The quantitative estimate of drug-likeness (QED) is 0.769. The summed E-state index contributed by atoms with van der Waals surface area (Å²) >= 11 is 1.62. The molecule has 1 aromatic carbocycles. The number of nitrogens with one attached hydrogen (secondary N) is 1. The van der Waals surface area contributed by atoms with Crippen LogP contribution in [0.4, 0.5) is 4.39 Å². The summed E-state index contributed by atoms with van der Waals surface area (Å²) in [6.07, 6.45) is 0.821. The molecule has 0 amide bonds. The number of rotatable bonds is 6. The highest BCUT2D eigenvalue weighted by Gasteiger charge is 2.24. The molecule has 2 N–H and O–H groups in total. The van der Waals surface area contributed by atoms with Gasteiger partial charge in [0.1, 0.15) is 5.82 Å². The molecule has 0 saturated heterocycles. The first-order valence-corrected chi connectivity index (χ1v) is 6.59. The smallest absolute Gasteiger partial charge is 0.124 e. The van der Waals surface area contributed by atoms with E-state index in [1.54, 1.807) is 17.8 Å². The maximum Gasteiger partial charge on any atom is 0.124 e. The second kappa shape index (κ2) is 6.38. The zero-order valence-corrected chi connectivity index (χ0v) is 11.4. The SMILES string of the molecule is CNC(C)(CO)CC(C)Sc1cccc(F)c1. The van der Waals surface area contributed by atoms with Gasteiger partial charge in [0.2, 0.25) is 0 Å². The van der Waals surface area contributed by atoms with Crippen molar-refractivity contribution in [3.8, 4) is 0 Å². The van der Waals surface area contributed by atoms with Crippen LogP contribution in [-0.2, 0) is 0 Å². The van der Waals surface area contributed by atoms with Gasteiger partial charge in [0, 0.05) is 15.7 Å². The third-order valence-electron chi connectivity index (χ3n) is 2.82. The lowest BCUT2D eigenvalue weighted by Gasteiger charge is -2.29. The number of benzene rings is 1. The second-order valence-corrected chi connectivity index (χ2v) is 6.07. The fourth-order valence-corrected chi connectivity index (χ4v) is 2.95. The van der Waals surface area contributed by atoms with Crippen molar-refractivity contribution in [1.82, 2.24) is 5.32 Å². The first-order chi connectivity index (χ1) is 7.99. The number of aliphatic hydroxyl groups is 1. The van der Waals surface area contributed by atoms with Gasteiger partial charge >= 0.3 is 0 Å². The van der Waals surface area contributed by atoms with E-state index in [1.165, 1.54) is 12.1 Å². The predicted octanol–water partition coefficient (Wildman–Crippen LogP) is 2.67. The number of hydrogen-bond acceptors (Lipinski definition) is 3. The molecular weight excluding hydrogens is 237 g/mol. The minimum absolute atomic E-state index is 0.0948. The van der Waals surface area contributed by atoms with Crippen molar-refractivity contribution in [2.24, 2.45) is 0 Å². The molecule has 17 heavy (non-hydrogen) atoms. The molecule has 96 valence electrons. The lowest BCUT2D eigenvalue weighted by molar-refractivity contribution is 0.174. The van der Waals surface area contributed by atoms with Crippen molar-refractivity contribution in [3.63, 3.8) is 0 Å². The fraction of sp³-hybridized carbons (Fsp3) is 0.538. The van der Waals surface area contributed by atoms with Crippen LogP contribution in [0.15, 0.2) is 29.2 Å². The molecule has 2 atom stereocenters. The molecule has 0 aromatic heterocycles. The fourth-order valence-electron chi connectivity index (χ4n) is 1.69. The topological polar surface area (TPSA) is 32.3 Å². The molecule has 0 radical (unpaired) electrons. The van der Waals surface area contributed by atoms with Gasteiger partial charge < -0.3 is 10.4 Å². The molecule has 0 saturated carbocycles. The van der Waals surface area contributed by atoms with E-state index in [0.717, 1.165) is 11.3 Å². The van der Waals surface area contributed by atoms with Crippen LogP contribution in [0.25, 0.3) is 0 Å². The molecule has 0 bridgehead atoms. The van der Waals surface area contributed by atoms with Gasteiger partial charge in [-0.2, -0.15) is 0 Å². The lowest BCUT2D eigenvalue weighted by atomic mass is 9.97. The summed E-state index contributed by atoms with van der Waals surface area (Å²) < 4.78 is 13.0. The van der Waals surface area contributed by atoms with E-state index in [4.69, 9.17) is 0 Å². The normalized spacial score (nSPS) is 16.5. The van der Waals surface area contributed by atoms with Gasteiger partial charge in [0.15, 0.2) is 0 Å². The molecule has 0 aliphatic heterocycles. The maximum atomic E-state index is 13.0. The Kier molecular flexibility index (Phi) is 5.43. The number of halogens is 1. The van der Waals surface area contributed by atoms with Crippen LogP contribution in [0.3, 0.4) is 0 Å². The maximum absolute atomic E-state index is 13.0. The number of aliphatic hydroxyl groups excluding tert-OH is 1. The number of likely N-dealkylation sites (N-methyl/N-ethyl adjacent to an activating group) is 1. The predicted molar refractivity (Wildman–Crippen MR) is 70.9 cm³/mol. The molecule has 1 rings (SSSR count). The summed E-state index contributed by atoms with van der Waals surface area (Å²) in [5, 5.41) is 12.7. The van der Waals surface area contributed by atoms with Gasteiger partial charge in [-0.3, -0.25) is 0 Å². The van der Waals surface area contributed by atoms with Gasteiger partial charge in [0.25, 0.3) is 0 Å². The minimum Gasteiger partial charge on any atom is -0.394 e. The van der Waals surface area contributed by atoms with Crippen molar-refractivity contribution in [1.29, 1.82) is 0 Å². The Balaban J connectivity index is 2.58. The summed E-state index contributed by atoms with van der Waals surface area (Å²) in [6.45, 7) is 4.16. The Labute approximate surface area is 107 Å². The van der Waals surface area contributed by atoms with E-state index in [1.807, 2.05) is 20.0 Å². The molecule has 2 nitrogen and oxygen atoms in total. The molecule has 0 spiro atoms. The monoisotopic (exact) mass is 257 g/mol. The largest absolute Gasteiger partial charge is 0.394 e. The van der Waals surface area contributed by atoms with Crippen LogP contribution in [0.5, 0.6) is 0 Å². The van der Waals surface area contributed by atoms with Crippen LogP contribution in [-0.4, -0.2) is 29.5 Å². The van der Waals surface area contributed by atoms with Gasteiger partial charge in [-0.15, -0.1) is 11.8 Å². The molecule has 0 heterocycles. The average molecular weight is 257 g/mol. The highest BCUT2D eigenvalue weighted by Crippen LogP contribution is 2.28. The summed E-state index contributed by atoms with van der Waals surface area (Å²) in [4.78, 5) is 0.925. The first kappa shape index (κ1) is 14.5. The van der Waals surface area contributed by atoms with Gasteiger partial charge in [-0.1, -0.05) is 13.0 Å². The van der Waals surface area contributed by atoms with Crippen molar-refractivity contribution < 1.29 is 9.50 Å². The number of thioether (sulfide) groups is 1. The zero-order chi connectivity index (χ0) is 12.9. The Bertz CT molecular complexity index is 355. The summed E-state index contributed by atoms with van der Waals surface area (Å²) in [5.41, 5.74) is -0.278. The third-order valence-corrected chi connectivity index (χ3v) is 3.92. The zero-order valence-electron chi connectivity index (χ0n) is 10.5. The standard InChI is InChI=1S/C13H20FNOS/c1-10(8-13(2,9-16)15-3)17-12-6-4-5-11(14)7-12/h4-7,10,15-16H,8-9H2,1-3H3. The van der Waals surface area contributed by atoms with Crippen molar-refractivity contribution >= 4 is 11.8 Å². The summed E-state index contributed by atoms with van der Waals surface area (Å²) in [6, 6.07) is 6.60. The van der Waals surface area contributed by atoms with E-state index < -0.39 is 0 Å². The van der Waals surface area contributed by atoms with E-state index >= 15 is 0 Å². The van der Waals surface area contributed by atoms with Gasteiger partial charge in [-0.05, 0) is 38.6 Å². The van der Waals surface area contributed by atoms with Crippen LogP contribution < -0.4 is 5.32 Å². The van der Waals surface area contributed by atoms with Crippen LogP contribution in [0.1, 0.15) is 20.3 Å². The molecule has 0 aliphatic carbocycles. The molecular formula is C13H20FNOS. The Morgan fingerprint density at radius 2 is 2.24 bits per heavy atom. The molecule has 2 unspecified atom stereocenters. The first-order valence-electron chi connectivity index (χ1n) is 5.71. The van der Waals surface area contributed by atoms with Crippen molar-refractivity contribution in [2.45, 2.75) is 36.0 Å². The van der Waals surface area contributed by atoms with Crippen molar-refractivity contribution in [2.75, 3.05) is 13.7 Å². The summed E-state index contributed by atoms with van der Waals surface area (Å²) in [5.74, 6) is -0.208. The Morgan fingerprint density at radius 3 is 2.76 bits per heavy atom.